The maximum atomic E-state index is 2.33. The number of allylic oxidation sites excluding steroid dienone is 4. The Hall–Kier alpha value is -0.520. The van der Waals surface area contributed by atoms with Crippen LogP contribution in [-0.4, -0.2) is 0 Å². The monoisotopic (exact) mass is 192 g/mol. The van der Waals surface area contributed by atoms with Gasteiger partial charge in [0.1, 0.15) is 0 Å². The minimum Gasteiger partial charge on any atom is -0.0748 e. The Labute approximate surface area is 89.1 Å². The molecule has 0 unspecified atom stereocenters. The molecule has 0 amide bonds. The van der Waals surface area contributed by atoms with Gasteiger partial charge in [0.2, 0.25) is 0 Å². The Morgan fingerprint density at radius 2 is 1.43 bits per heavy atom. The van der Waals surface area contributed by atoms with E-state index in [1.54, 1.807) is 0 Å². The van der Waals surface area contributed by atoms with Crippen LogP contribution in [0.3, 0.4) is 0 Å². The minimum atomic E-state index is 0.380. The summed E-state index contributed by atoms with van der Waals surface area (Å²) in [7, 11) is 0. The van der Waals surface area contributed by atoms with Crippen LogP contribution in [0.15, 0.2) is 24.3 Å². The second kappa shape index (κ2) is 6.06. The van der Waals surface area contributed by atoms with Crippen LogP contribution < -0.4 is 0 Å². The summed E-state index contributed by atoms with van der Waals surface area (Å²) >= 11 is 0. The zero-order valence-corrected chi connectivity index (χ0v) is 9.76. The maximum absolute atomic E-state index is 2.33. The molecular weight excluding hydrogens is 168 g/mol. The minimum absolute atomic E-state index is 0.380. The fourth-order valence-corrected chi connectivity index (χ4v) is 2.06. The lowest BCUT2D eigenvalue weighted by atomic mass is 9.86. The molecule has 0 fully saturated rings. The molecule has 80 valence electrons. The summed E-state index contributed by atoms with van der Waals surface area (Å²) in [5, 5.41) is 0. The van der Waals surface area contributed by atoms with Crippen molar-refractivity contribution in [1.82, 2.24) is 0 Å². The van der Waals surface area contributed by atoms with Crippen LogP contribution in [0.2, 0.25) is 0 Å². The Morgan fingerprint density at radius 1 is 0.857 bits per heavy atom. The van der Waals surface area contributed by atoms with Gasteiger partial charge in [0.05, 0.1) is 0 Å². The summed E-state index contributed by atoms with van der Waals surface area (Å²) in [4.78, 5) is 0. The molecule has 0 heterocycles. The van der Waals surface area contributed by atoms with Crippen LogP contribution >= 0.6 is 0 Å². The smallest absolute Gasteiger partial charge is 0.00389 e. The molecule has 1 rings (SSSR count). The molecule has 14 heavy (non-hydrogen) atoms. The fourth-order valence-electron chi connectivity index (χ4n) is 2.06. The van der Waals surface area contributed by atoms with E-state index in [1.165, 1.54) is 44.9 Å². The summed E-state index contributed by atoms with van der Waals surface area (Å²) in [6.45, 7) is 4.61. The Kier molecular flexibility index (Phi) is 5.00. The predicted molar refractivity (Wildman–Crippen MR) is 64.4 cm³/mol. The van der Waals surface area contributed by atoms with Crippen molar-refractivity contribution in [3.05, 3.63) is 24.3 Å². The third kappa shape index (κ3) is 4.13. The zero-order valence-electron chi connectivity index (χ0n) is 9.76. The third-order valence-corrected chi connectivity index (χ3v) is 3.13. The molecule has 0 aromatic carbocycles. The molecule has 0 aliphatic heterocycles. The van der Waals surface area contributed by atoms with Crippen LogP contribution in [0.5, 0.6) is 0 Å². The van der Waals surface area contributed by atoms with E-state index in [-0.39, 0.29) is 0 Å². The van der Waals surface area contributed by atoms with E-state index in [2.05, 4.69) is 38.2 Å². The van der Waals surface area contributed by atoms with Gasteiger partial charge in [-0.3, -0.25) is 0 Å². The van der Waals surface area contributed by atoms with Gasteiger partial charge in [-0.05, 0) is 6.42 Å². The highest BCUT2D eigenvalue weighted by Crippen LogP contribution is 2.31. The molecule has 1 aliphatic rings. The van der Waals surface area contributed by atoms with Crippen LogP contribution in [0, 0.1) is 5.41 Å². The van der Waals surface area contributed by atoms with E-state index in [9.17, 15) is 0 Å². The van der Waals surface area contributed by atoms with Crippen molar-refractivity contribution in [1.29, 1.82) is 0 Å². The van der Waals surface area contributed by atoms with Gasteiger partial charge in [-0.1, -0.05) is 76.7 Å². The van der Waals surface area contributed by atoms with Crippen molar-refractivity contribution < 1.29 is 0 Å². The van der Waals surface area contributed by atoms with Gasteiger partial charge in [-0.25, -0.2) is 0 Å². The third-order valence-electron chi connectivity index (χ3n) is 3.13. The predicted octanol–water partition coefficient (Wildman–Crippen LogP) is 4.87. The van der Waals surface area contributed by atoms with Crippen molar-refractivity contribution >= 4 is 0 Å². The van der Waals surface area contributed by atoms with E-state index in [1.807, 2.05) is 0 Å². The van der Waals surface area contributed by atoms with Crippen molar-refractivity contribution in [2.45, 2.75) is 58.8 Å². The summed E-state index contributed by atoms with van der Waals surface area (Å²) in [5.41, 5.74) is 0.380. The van der Waals surface area contributed by atoms with Gasteiger partial charge in [0, 0.05) is 5.41 Å². The fraction of sp³-hybridized carbons (Fsp3) is 0.714. The largest absolute Gasteiger partial charge is 0.0748 e. The van der Waals surface area contributed by atoms with E-state index < -0.39 is 0 Å². The number of unbranched alkanes of at least 4 members (excludes halogenated alkanes) is 5. The quantitative estimate of drug-likeness (QED) is 0.505. The van der Waals surface area contributed by atoms with Gasteiger partial charge in [-0.2, -0.15) is 0 Å². The van der Waals surface area contributed by atoms with Crippen LogP contribution in [-0.2, 0) is 0 Å². The van der Waals surface area contributed by atoms with E-state index in [0.29, 0.717) is 5.41 Å². The number of hydrogen-bond donors (Lipinski definition) is 0. The van der Waals surface area contributed by atoms with Crippen LogP contribution in [0.4, 0.5) is 0 Å². The average Bonchev–Trinajstić information content (AvgIpc) is 2.59. The highest BCUT2D eigenvalue weighted by Gasteiger charge is 2.18. The Bertz CT molecular complexity index is 186. The van der Waals surface area contributed by atoms with Gasteiger partial charge >= 0.3 is 0 Å². The van der Waals surface area contributed by atoms with Crippen molar-refractivity contribution in [3.8, 4) is 0 Å². The van der Waals surface area contributed by atoms with E-state index in [0.717, 1.165) is 0 Å². The first-order chi connectivity index (χ1) is 6.77. The van der Waals surface area contributed by atoms with Gasteiger partial charge in [0.15, 0.2) is 0 Å². The first kappa shape index (κ1) is 11.6. The molecule has 0 saturated carbocycles. The molecule has 0 nitrogen and oxygen atoms in total. The molecule has 0 aromatic rings. The van der Waals surface area contributed by atoms with Crippen LogP contribution in [0.1, 0.15) is 58.8 Å². The lowest BCUT2D eigenvalue weighted by Crippen LogP contribution is -2.06. The molecule has 0 atom stereocenters. The van der Waals surface area contributed by atoms with Crippen molar-refractivity contribution in [2.75, 3.05) is 0 Å². The lowest BCUT2D eigenvalue weighted by molar-refractivity contribution is 0.461. The summed E-state index contributed by atoms with van der Waals surface area (Å²) in [6, 6.07) is 0. The first-order valence-electron chi connectivity index (χ1n) is 6.14. The Morgan fingerprint density at radius 3 is 2.07 bits per heavy atom. The normalized spacial score (nSPS) is 17.9. The molecular formula is C14H24. The molecule has 0 saturated heterocycles. The molecule has 0 heteroatoms. The maximum Gasteiger partial charge on any atom is 0.00389 e. The second-order valence-corrected chi connectivity index (χ2v) is 4.74. The van der Waals surface area contributed by atoms with Gasteiger partial charge in [-0.15, -0.1) is 0 Å². The van der Waals surface area contributed by atoms with Crippen molar-refractivity contribution in [2.24, 2.45) is 5.41 Å². The second-order valence-electron chi connectivity index (χ2n) is 4.74. The van der Waals surface area contributed by atoms with Gasteiger partial charge in [0.25, 0.3) is 0 Å². The van der Waals surface area contributed by atoms with Crippen LogP contribution in [0.25, 0.3) is 0 Å². The number of hydrogen-bond acceptors (Lipinski definition) is 0. The van der Waals surface area contributed by atoms with E-state index >= 15 is 0 Å². The summed E-state index contributed by atoms with van der Waals surface area (Å²) < 4.78 is 0. The molecule has 0 bridgehead atoms. The lowest BCUT2D eigenvalue weighted by Gasteiger charge is -2.18. The van der Waals surface area contributed by atoms with Crippen molar-refractivity contribution in [3.63, 3.8) is 0 Å². The molecule has 0 N–H and O–H groups in total. The zero-order chi connectivity index (χ0) is 10.3. The topological polar surface area (TPSA) is 0 Å². The van der Waals surface area contributed by atoms with Gasteiger partial charge < -0.3 is 0 Å². The average molecular weight is 192 g/mol. The SMILES string of the molecule is CCCCCCCCC1(C)C=CC=C1. The summed E-state index contributed by atoms with van der Waals surface area (Å²) in [6.07, 6.45) is 18.8. The molecule has 0 aromatic heterocycles. The first-order valence-corrected chi connectivity index (χ1v) is 6.14. The number of rotatable bonds is 7. The standard InChI is InChI=1S/C14H24/c1-3-4-5-6-7-8-11-14(2)12-9-10-13-14/h9-10,12-13H,3-8,11H2,1-2H3. The highest BCUT2D eigenvalue weighted by atomic mass is 14.2. The highest BCUT2D eigenvalue weighted by molar-refractivity contribution is 5.23. The Balaban J connectivity index is 1.99. The molecule has 1 aliphatic carbocycles. The molecule has 0 radical (unpaired) electrons. The summed E-state index contributed by atoms with van der Waals surface area (Å²) in [5.74, 6) is 0. The van der Waals surface area contributed by atoms with E-state index in [4.69, 9.17) is 0 Å². The molecule has 0 spiro atoms.